The number of carbonyl (C=O) groups is 1. The Labute approximate surface area is 163 Å². The molecule has 0 aliphatic carbocycles. The lowest BCUT2D eigenvalue weighted by Gasteiger charge is -2.28. The SMILES string of the molecule is CCOC(=O)c1ccc(Nc2cnnc(N3CCc4ccccc4C3)n2)cc1. The van der Waals surface area contributed by atoms with Gasteiger partial charge in [0.25, 0.3) is 0 Å². The molecular formula is C21H21N5O2. The fraction of sp³-hybridized carbons (Fsp3) is 0.238. The average Bonchev–Trinajstić information content (AvgIpc) is 2.74. The molecule has 0 atom stereocenters. The molecule has 1 N–H and O–H groups in total. The van der Waals surface area contributed by atoms with E-state index >= 15 is 0 Å². The van der Waals surface area contributed by atoms with Gasteiger partial charge in [0.2, 0.25) is 5.95 Å². The van der Waals surface area contributed by atoms with Crippen LogP contribution >= 0.6 is 0 Å². The van der Waals surface area contributed by atoms with Gasteiger partial charge < -0.3 is 15.0 Å². The molecule has 7 nitrogen and oxygen atoms in total. The second-order valence-corrected chi connectivity index (χ2v) is 6.50. The van der Waals surface area contributed by atoms with Gasteiger partial charge in [0.05, 0.1) is 18.4 Å². The maximum absolute atomic E-state index is 11.7. The lowest BCUT2D eigenvalue weighted by Crippen LogP contribution is -2.32. The zero-order valence-corrected chi connectivity index (χ0v) is 15.6. The molecule has 0 radical (unpaired) electrons. The first kappa shape index (κ1) is 17.9. The summed E-state index contributed by atoms with van der Waals surface area (Å²) in [5, 5.41) is 11.5. The van der Waals surface area contributed by atoms with Crippen molar-refractivity contribution in [1.29, 1.82) is 0 Å². The molecule has 0 spiro atoms. The third kappa shape index (κ3) is 3.93. The summed E-state index contributed by atoms with van der Waals surface area (Å²) in [4.78, 5) is 18.5. The second-order valence-electron chi connectivity index (χ2n) is 6.50. The molecular weight excluding hydrogens is 354 g/mol. The van der Waals surface area contributed by atoms with Crippen LogP contribution in [0.3, 0.4) is 0 Å². The van der Waals surface area contributed by atoms with Crippen molar-refractivity contribution in [3.05, 3.63) is 71.4 Å². The predicted octanol–water partition coefficient (Wildman–Crippen LogP) is 3.35. The average molecular weight is 375 g/mol. The summed E-state index contributed by atoms with van der Waals surface area (Å²) in [5.74, 6) is 0.876. The van der Waals surface area contributed by atoms with Gasteiger partial charge in [0, 0.05) is 18.8 Å². The molecule has 0 saturated carbocycles. The minimum Gasteiger partial charge on any atom is -0.462 e. The molecule has 0 unspecified atom stereocenters. The summed E-state index contributed by atoms with van der Waals surface area (Å²) in [6.45, 7) is 3.77. The number of anilines is 3. The molecule has 142 valence electrons. The number of esters is 1. The van der Waals surface area contributed by atoms with Gasteiger partial charge in [0.1, 0.15) is 0 Å². The van der Waals surface area contributed by atoms with Crippen molar-refractivity contribution in [2.24, 2.45) is 0 Å². The van der Waals surface area contributed by atoms with Crippen molar-refractivity contribution in [1.82, 2.24) is 15.2 Å². The molecule has 0 saturated heterocycles. The number of aromatic nitrogens is 3. The highest BCUT2D eigenvalue weighted by Crippen LogP contribution is 2.23. The van der Waals surface area contributed by atoms with E-state index in [2.05, 4.69) is 49.7 Å². The van der Waals surface area contributed by atoms with Crippen molar-refractivity contribution in [2.45, 2.75) is 19.9 Å². The summed E-state index contributed by atoms with van der Waals surface area (Å²) in [6.07, 6.45) is 2.55. The van der Waals surface area contributed by atoms with Gasteiger partial charge >= 0.3 is 5.97 Å². The third-order valence-electron chi connectivity index (χ3n) is 4.63. The van der Waals surface area contributed by atoms with Gasteiger partial charge in [-0.15, -0.1) is 5.10 Å². The summed E-state index contributed by atoms with van der Waals surface area (Å²) in [5.41, 5.74) is 4.00. The van der Waals surface area contributed by atoms with Crippen LogP contribution in [-0.2, 0) is 17.7 Å². The quantitative estimate of drug-likeness (QED) is 0.685. The van der Waals surface area contributed by atoms with E-state index in [-0.39, 0.29) is 5.97 Å². The fourth-order valence-electron chi connectivity index (χ4n) is 3.21. The summed E-state index contributed by atoms with van der Waals surface area (Å²) in [6, 6.07) is 15.5. The van der Waals surface area contributed by atoms with Gasteiger partial charge in [-0.25, -0.2) is 4.79 Å². The van der Waals surface area contributed by atoms with E-state index in [1.807, 2.05) is 12.1 Å². The maximum Gasteiger partial charge on any atom is 0.338 e. The summed E-state index contributed by atoms with van der Waals surface area (Å²) < 4.78 is 5.00. The van der Waals surface area contributed by atoms with Crippen LogP contribution in [0.4, 0.5) is 17.5 Å². The minimum atomic E-state index is -0.328. The Morgan fingerprint density at radius 1 is 1.14 bits per heavy atom. The lowest BCUT2D eigenvalue weighted by molar-refractivity contribution is 0.0526. The van der Waals surface area contributed by atoms with E-state index in [1.165, 1.54) is 11.1 Å². The van der Waals surface area contributed by atoms with Gasteiger partial charge in [-0.3, -0.25) is 0 Å². The molecule has 0 amide bonds. The van der Waals surface area contributed by atoms with Crippen LogP contribution in [0.2, 0.25) is 0 Å². The molecule has 7 heteroatoms. The highest BCUT2D eigenvalue weighted by atomic mass is 16.5. The Kier molecular flexibility index (Phi) is 5.14. The standard InChI is InChI=1S/C21H21N5O2/c1-2-28-20(27)16-7-9-18(10-8-16)23-19-13-22-25-21(24-19)26-12-11-15-5-3-4-6-17(15)14-26/h3-10,13H,2,11-12,14H2,1H3,(H,23,24,25). The predicted molar refractivity (Wildman–Crippen MR) is 107 cm³/mol. The highest BCUT2D eigenvalue weighted by molar-refractivity contribution is 5.89. The Balaban J connectivity index is 1.46. The highest BCUT2D eigenvalue weighted by Gasteiger charge is 2.18. The van der Waals surface area contributed by atoms with E-state index in [1.54, 1.807) is 25.3 Å². The number of fused-ring (bicyclic) bond motifs is 1. The maximum atomic E-state index is 11.7. The lowest BCUT2D eigenvalue weighted by atomic mass is 10.0. The minimum absolute atomic E-state index is 0.328. The fourth-order valence-corrected chi connectivity index (χ4v) is 3.21. The van der Waals surface area contributed by atoms with Gasteiger partial charge in [-0.05, 0) is 48.7 Å². The van der Waals surface area contributed by atoms with E-state index in [4.69, 9.17) is 4.74 Å². The number of rotatable bonds is 5. The Bertz CT molecular complexity index is 975. The molecule has 28 heavy (non-hydrogen) atoms. The molecule has 2 heterocycles. The summed E-state index contributed by atoms with van der Waals surface area (Å²) in [7, 11) is 0. The number of carbonyl (C=O) groups excluding carboxylic acids is 1. The molecule has 4 rings (SSSR count). The monoisotopic (exact) mass is 375 g/mol. The normalized spacial score (nSPS) is 13.0. The smallest absolute Gasteiger partial charge is 0.338 e. The molecule has 1 aliphatic rings. The van der Waals surface area contributed by atoms with Gasteiger partial charge in [-0.1, -0.05) is 24.3 Å². The van der Waals surface area contributed by atoms with E-state index in [9.17, 15) is 4.79 Å². The topological polar surface area (TPSA) is 80.2 Å². The Morgan fingerprint density at radius 2 is 1.93 bits per heavy atom. The number of ether oxygens (including phenoxy) is 1. The van der Waals surface area contributed by atoms with Crippen LogP contribution in [0.25, 0.3) is 0 Å². The first-order valence-electron chi connectivity index (χ1n) is 9.28. The van der Waals surface area contributed by atoms with Gasteiger partial charge in [0.15, 0.2) is 5.82 Å². The van der Waals surface area contributed by atoms with Crippen molar-refractivity contribution >= 4 is 23.4 Å². The number of nitrogens with one attached hydrogen (secondary N) is 1. The van der Waals surface area contributed by atoms with Crippen LogP contribution in [0.5, 0.6) is 0 Å². The summed E-state index contributed by atoms with van der Waals surface area (Å²) >= 11 is 0. The molecule has 0 bridgehead atoms. The Morgan fingerprint density at radius 3 is 2.71 bits per heavy atom. The van der Waals surface area contributed by atoms with Crippen molar-refractivity contribution < 1.29 is 9.53 Å². The van der Waals surface area contributed by atoms with E-state index in [0.717, 1.165) is 25.2 Å². The second kappa shape index (κ2) is 8.04. The van der Waals surface area contributed by atoms with Crippen LogP contribution in [0.15, 0.2) is 54.7 Å². The van der Waals surface area contributed by atoms with E-state index < -0.39 is 0 Å². The zero-order chi connectivity index (χ0) is 19.3. The van der Waals surface area contributed by atoms with Crippen LogP contribution in [0.1, 0.15) is 28.4 Å². The van der Waals surface area contributed by atoms with Crippen molar-refractivity contribution in [3.8, 4) is 0 Å². The molecule has 2 aromatic carbocycles. The third-order valence-corrected chi connectivity index (χ3v) is 4.63. The molecule has 3 aromatic rings. The van der Waals surface area contributed by atoms with Crippen LogP contribution < -0.4 is 10.2 Å². The molecule has 0 fully saturated rings. The van der Waals surface area contributed by atoms with Gasteiger partial charge in [-0.2, -0.15) is 10.1 Å². The zero-order valence-electron chi connectivity index (χ0n) is 15.6. The first-order chi connectivity index (χ1) is 13.7. The number of hydrogen-bond acceptors (Lipinski definition) is 7. The molecule has 1 aliphatic heterocycles. The molecule has 1 aromatic heterocycles. The number of nitrogens with zero attached hydrogens (tertiary/aromatic N) is 4. The first-order valence-corrected chi connectivity index (χ1v) is 9.28. The van der Waals surface area contributed by atoms with Crippen LogP contribution in [0, 0.1) is 0 Å². The van der Waals surface area contributed by atoms with Crippen LogP contribution in [-0.4, -0.2) is 34.3 Å². The largest absolute Gasteiger partial charge is 0.462 e. The van der Waals surface area contributed by atoms with E-state index in [0.29, 0.717) is 23.9 Å². The van der Waals surface area contributed by atoms with Crippen molar-refractivity contribution in [2.75, 3.05) is 23.4 Å². The Hall–Kier alpha value is -3.48. The van der Waals surface area contributed by atoms with Crippen molar-refractivity contribution in [3.63, 3.8) is 0 Å². The number of benzene rings is 2. The number of hydrogen-bond donors (Lipinski definition) is 1.